The Morgan fingerprint density at radius 3 is 2.18 bits per heavy atom. The third kappa shape index (κ3) is 5.62. The highest BCUT2D eigenvalue weighted by Gasteiger charge is 2.24. The average molecular weight is 383 g/mol. The zero-order valence-electron chi connectivity index (χ0n) is 17.5. The zero-order valence-corrected chi connectivity index (χ0v) is 17.5. The molecule has 0 unspecified atom stereocenters. The molecule has 0 amide bonds. The first-order valence-electron chi connectivity index (χ1n) is 9.65. The molecule has 4 nitrogen and oxygen atoms in total. The highest BCUT2D eigenvalue weighted by molar-refractivity contribution is 5.99. The Balaban J connectivity index is 2.60. The summed E-state index contributed by atoms with van der Waals surface area (Å²) in [4.78, 5) is 12.5. The lowest BCUT2D eigenvalue weighted by atomic mass is 9.98. The molecule has 0 heterocycles. The molecular weight excluding hydrogens is 352 g/mol. The second-order valence-electron chi connectivity index (χ2n) is 7.21. The first kappa shape index (κ1) is 21.5. The quantitative estimate of drug-likeness (QED) is 0.386. The van der Waals surface area contributed by atoms with E-state index in [0.717, 1.165) is 11.1 Å². The number of ether oxygens (including phenoxy) is 3. The van der Waals surface area contributed by atoms with Gasteiger partial charge in [-0.3, -0.25) is 4.79 Å². The number of hydrogen-bond donors (Lipinski definition) is 0. The van der Waals surface area contributed by atoms with Crippen molar-refractivity contribution in [2.75, 3.05) is 0 Å². The Labute approximate surface area is 168 Å². The topological polar surface area (TPSA) is 44.8 Å². The van der Waals surface area contributed by atoms with Crippen molar-refractivity contribution in [3.8, 4) is 17.2 Å². The van der Waals surface area contributed by atoms with E-state index in [1.807, 2.05) is 58.0 Å². The number of carbonyl (C=O) groups excluding carboxylic acids is 1. The number of hydrogen-bond acceptors (Lipinski definition) is 4. The van der Waals surface area contributed by atoms with Crippen LogP contribution in [0.3, 0.4) is 0 Å². The summed E-state index contributed by atoms with van der Waals surface area (Å²) in [6.45, 7) is 13.5. The molecule has 0 spiro atoms. The van der Waals surface area contributed by atoms with E-state index >= 15 is 0 Å². The SMILES string of the molecule is C=CCc1c(OCc2ccccc2)c(OC(C)C)cc(OC(C)C)c1C(C)=O. The summed E-state index contributed by atoms with van der Waals surface area (Å²) in [6.07, 6.45) is 2.11. The van der Waals surface area contributed by atoms with E-state index in [4.69, 9.17) is 14.2 Å². The van der Waals surface area contributed by atoms with Gasteiger partial charge in [0.15, 0.2) is 17.3 Å². The minimum atomic E-state index is -0.0758. The maximum absolute atomic E-state index is 12.5. The molecule has 4 heteroatoms. The van der Waals surface area contributed by atoms with Gasteiger partial charge >= 0.3 is 0 Å². The third-order valence-electron chi connectivity index (χ3n) is 3.96. The van der Waals surface area contributed by atoms with Gasteiger partial charge in [-0.2, -0.15) is 0 Å². The Morgan fingerprint density at radius 2 is 1.64 bits per heavy atom. The molecule has 0 saturated carbocycles. The van der Waals surface area contributed by atoms with Crippen LogP contribution in [0, 0.1) is 0 Å². The third-order valence-corrected chi connectivity index (χ3v) is 3.96. The summed E-state index contributed by atoms with van der Waals surface area (Å²) in [5, 5.41) is 0. The predicted octanol–water partition coefficient (Wildman–Crippen LogP) is 5.77. The summed E-state index contributed by atoms with van der Waals surface area (Å²) < 4.78 is 18.1. The molecule has 0 saturated heterocycles. The number of allylic oxidation sites excluding steroid dienone is 1. The molecule has 0 bridgehead atoms. The first-order chi connectivity index (χ1) is 13.3. The van der Waals surface area contributed by atoms with Crippen LogP contribution >= 0.6 is 0 Å². The molecular formula is C24H30O4. The van der Waals surface area contributed by atoms with Crippen LogP contribution in [0.4, 0.5) is 0 Å². The van der Waals surface area contributed by atoms with Gasteiger partial charge < -0.3 is 14.2 Å². The van der Waals surface area contributed by atoms with Gasteiger partial charge in [-0.1, -0.05) is 36.4 Å². The van der Waals surface area contributed by atoms with Gasteiger partial charge in [-0.15, -0.1) is 6.58 Å². The van der Waals surface area contributed by atoms with Crippen molar-refractivity contribution in [3.05, 3.63) is 65.7 Å². The van der Waals surface area contributed by atoms with E-state index in [-0.39, 0.29) is 18.0 Å². The molecule has 0 fully saturated rings. The summed E-state index contributed by atoms with van der Waals surface area (Å²) >= 11 is 0. The fraction of sp³-hybridized carbons (Fsp3) is 0.375. The largest absolute Gasteiger partial charge is 0.490 e. The van der Waals surface area contributed by atoms with Crippen molar-refractivity contribution in [2.45, 2.75) is 59.9 Å². The number of Topliss-reactive ketones (excluding diaryl/α,β-unsaturated/α-hetero) is 1. The Hall–Kier alpha value is -2.75. The summed E-state index contributed by atoms with van der Waals surface area (Å²) in [7, 11) is 0. The molecule has 150 valence electrons. The van der Waals surface area contributed by atoms with Crippen molar-refractivity contribution in [2.24, 2.45) is 0 Å². The van der Waals surface area contributed by atoms with Crippen LogP contribution in [0.25, 0.3) is 0 Å². The van der Waals surface area contributed by atoms with Crippen LogP contribution in [-0.4, -0.2) is 18.0 Å². The Bertz CT molecular complexity index is 807. The van der Waals surface area contributed by atoms with E-state index in [1.165, 1.54) is 0 Å². The van der Waals surface area contributed by atoms with E-state index < -0.39 is 0 Å². The summed E-state index contributed by atoms with van der Waals surface area (Å²) in [6, 6.07) is 11.7. The lowest BCUT2D eigenvalue weighted by Crippen LogP contribution is -2.15. The molecule has 0 aromatic heterocycles. The maximum Gasteiger partial charge on any atom is 0.166 e. The van der Waals surface area contributed by atoms with Crippen molar-refractivity contribution in [1.82, 2.24) is 0 Å². The van der Waals surface area contributed by atoms with Gasteiger partial charge in [0.25, 0.3) is 0 Å². The van der Waals surface area contributed by atoms with Crippen molar-refractivity contribution in [3.63, 3.8) is 0 Å². The van der Waals surface area contributed by atoms with Crippen molar-refractivity contribution < 1.29 is 19.0 Å². The number of rotatable bonds is 10. The molecule has 0 aliphatic carbocycles. The van der Waals surface area contributed by atoms with Crippen LogP contribution in [0.1, 0.15) is 56.1 Å². The van der Waals surface area contributed by atoms with Gasteiger partial charge in [-0.25, -0.2) is 0 Å². The van der Waals surface area contributed by atoms with Gasteiger partial charge in [0.1, 0.15) is 12.4 Å². The van der Waals surface area contributed by atoms with E-state index in [1.54, 1.807) is 19.1 Å². The summed E-state index contributed by atoms with van der Waals surface area (Å²) in [5.74, 6) is 1.58. The molecule has 2 rings (SSSR count). The van der Waals surface area contributed by atoms with Gasteiger partial charge in [0.05, 0.1) is 17.8 Å². The second-order valence-corrected chi connectivity index (χ2v) is 7.21. The fourth-order valence-electron chi connectivity index (χ4n) is 2.97. The average Bonchev–Trinajstić information content (AvgIpc) is 2.61. The molecule has 0 atom stereocenters. The van der Waals surface area contributed by atoms with Crippen LogP contribution < -0.4 is 14.2 Å². The Morgan fingerprint density at radius 1 is 1.04 bits per heavy atom. The fourth-order valence-corrected chi connectivity index (χ4v) is 2.97. The van der Waals surface area contributed by atoms with Crippen molar-refractivity contribution in [1.29, 1.82) is 0 Å². The molecule has 0 radical (unpaired) electrons. The molecule has 2 aromatic carbocycles. The minimum absolute atomic E-state index is 0.0502. The second kappa shape index (κ2) is 9.98. The predicted molar refractivity (Wildman–Crippen MR) is 113 cm³/mol. The van der Waals surface area contributed by atoms with Crippen LogP contribution in [0.5, 0.6) is 17.2 Å². The highest BCUT2D eigenvalue weighted by Crippen LogP contribution is 2.42. The van der Waals surface area contributed by atoms with E-state index in [9.17, 15) is 4.79 Å². The molecule has 2 aromatic rings. The monoisotopic (exact) mass is 382 g/mol. The van der Waals surface area contributed by atoms with Gasteiger partial charge in [0.2, 0.25) is 0 Å². The maximum atomic E-state index is 12.5. The molecule has 0 aliphatic rings. The smallest absolute Gasteiger partial charge is 0.166 e. The number of ketones is 1. The number of benzene rings is 2. The normalized spacial score (nSPS) is 10.8. The van der Waals surface area contributed by atoms with Crippen molar-refractivity contribution >= 4 is 5.78 Å². The van der Waals surface area contributed by atoms with Crippen LogP contribution in [-0.2, 0) is 13.0 Å². The van der Waals surface area contributed by atoms with E-state index in [0.29, 0.717) is 35.8 Å². The molecule has 0 aliphatic heterocycles. The molecule has 0 N–H and O–H groups in total. The minimum Gasteiger partial charge on any atom is -0.490 e. The zero-order chi connectivity index (χ0) is 20.7. The Kier molecular flexibility index (Phi) is 7.68. The van der Waals surface area contributed by atoms with Gasteiger partial charge in [-0.05, 0) is 46.6 Å². The molecule has 28 heavy (non-hydrogen) atoms. The van der Waals surface area contributed by atoms with Gasteiger partial charge in [0, 0.05) is 11.6 Å². The van der Waals surface area contributed by atoms with Crippen LogP contribution in [0.15, 0.2) is 49.1 Å². The highest BCUT2D eigenvalue weighted by atomic mass is 16.5. The lowest BCUT2D eigenvalue weighted by Gasteiger charge is -2.23. The lowest BCUT2D eigenvalue weighted by molar-refractivity contribution is 0.101. The van der Waals surface area contributed by atoms with Crippen LogP contribution in [0.2, 0.25) is 0 Å². The number of carbonyl (C=O) groups is 1. The summed E-state index contributed by atoms with van der Waals surface area (Å²) in [5.41, 5.74) is 2.30. The standard InChI is InChI=1S/C24H30O4/c1-7-11-20-23(18(6)25)21(27-16(2)3)14-22(28-17(4)5)24(20)26-15-19-12-9-8-10-13-19/h7-10,12-14,16-17H,1,11,15H2,2-6H3. The van der Waals surface area contributed by atoms with E-state index in [2.05, 4.69) is 6.58 Å². The first-order valence-corrected chi connectivity index (χ1v) is 9.65.